The van der Waals surface area contributed by atoms with E-state index in [1.165, 1.54) is 12.1 Å². The molecule has 0 aliphatic carbocycles. The first-order chi connectivity index (χ1) is 8.88. The van der Waals surface area contributed by atoms with Crippen molar-refractivity contribution in [2.45, 2.75) is 26.8 Å². The van der Waals surface area contributed by atoms with Gasteiger partial charge in [0.15, 0.2) is 0 Å². The van der Waals surface area contributed by atoms with Crippen molar-refractivity contribution in [3.63, 3.8) is 0 Å². The molecule has 0 saturated heterocycles. The van der Waals surface area contributed by atoms with E-state index in [-0.39, 0.29) is 11.9 Å². The first kappa shape index (κ1) is 14.0. The van der Waals surface area contributed by atoms with E-state index in [0.717, 1.165) is 27.8 Å². The standard InChI is InChI=1S/C16H17ClFN/c1-9-4-12(8-13(17)5-9)16(19)15-10(2)6-14(18)7-11(15)3/h4-8,16H,19H2,1-3H3. The molecule has 0 spiro atoms. The van der Waals surface area contributed by atoms with Crippen LogP contribution in [0.15, 0.2) is 30.3 Å². The van der Waals surface area contributed by atoms with Crippen LogP contribution in [0.5, 0.6) is 0 Å². The van der Waals surface area contributed by atoms with E-state index in [4.69, 9.17) is 17.3 Å². The van der Waals surface area contributed by atoms with Gasteiger partial charge in [-0.2, -0.15) is 0 Å². The predicted molar refractivity (Wildman–Crippen MR) is 78.1 cm³/mol. The molecule has 19 heavy (non-hydrogen) atoms. The topological polar surface area (TPSA) is 26.0 Å². The largest absolute Gasteiger partial charge is 0.320 e. The summed E-state index contributed by atoms with van der Waals surface area (Å²) in [6.45, 7) is 5.73. The highest BCUT2D eigenvalue weighted by Gasteiger charge is 2.16. The summed E-state index contributed by atoms with van der Waals surface area (Å²) in [5, 5.41) is 0.669. The quantitative estimate of drug-likeness (QED) is 0.862. The smallest absolute Gasteiger partial charge is 0.123 e. The highest BCUT2D eigenvalue weighted by Crippen LogP contribution is 2.29. The molecular formula is C16H17ClFN. The minimum atomic E-state index is -0.294. The lowest BCUT2D eigenvalue weighted by molar-refractivity contribution is 0.623. The highest BCUT2D eigenvalue weighted by molar-refractivity contribution is 6.30. The molecule has 1 unspecified atom stereocenters. The van der Waals surface area contributed by atoms with E-state index in [1.807, 2.05) is 39.0 Å². The highest BCUT2D eigenvalue weighted by atomic mass is 35.5. The predicted octanol–water partition coefficient (Wildman–Crippen LogP) is 4.45. The lowest BCUT2D eigenvalue weighted by Crippen LogP contribution is -2.15. The molecule has 1 nitrogen and oxygen atoms in total. The fourth-order valence-electron chi connectivity index (χ4n) is 2.52. The lowest BCUT2D eigenvalue weighted by atomic mass is 9.91. The van der Waals surface area contributed by atoms with Crippen molar-refractivity contribution in [1.29, 1.82) is 0 Å². The monoisotopic (exact) mass is 277 g/mol. The summed E-state index contributed by atoms with van der Waals surface area (Å²) in [6.07, 6.45) is 0. The summed E-state index contributed by atoms with van der Waals surface area (Å²) in [7, 11) is 0. The van der Waals surface area contributed by atoms with Gasteiger partial charge in [-0.15, -0.1) is 0 Å². The molecule has 2 aromatic carbocycles. The van der Waals surface area contributed by atoms with Crippen LogP contribution in [0.3, 0.4) is 0 Å². The summed E-state index contributed by atoms with van der Waals surface area (Å²) in [4.78, 5) is 0. The molecule has 0 amide bonds. The van der Waals surface area contributed by atoms with Crippen LogP contribution < -0.4 is 5.73 Å². The fourth-order valence-corrected chi connectivity index (χ4v) is 2.82. The van der Waals surface area contributed by atoms with Crippen molar-refractivity contribution in [3.05, 3.63) is 69.0 Å². The van der Waals surface area contributed by atoms with Crippen LogP contribution in [-0.2, 0) is 0 Å². The summed E-state index contributed by atoms with van der Waals surface area (Å²) >= 11 is 6.07. The molecule has 0 radical (unpaired) electrons. The van der Waals surface area contributed by atoms with E-state index < -0.39 is 0 Å². The average Bonchev–Trinajstić information content (AvgIpc) is 2.25. The Morgan fingerprint density at radius 3 is 2.11 bits per heavy atom. The third-order valence-electron chi connectivity index (χ3n) is 3.29. The molecule has 1 atom stereocenters. The molecular weight excluding hydrogens is 261 g/mol. The Labute approximate surface area is 118 Å². The van der Waals surface area contributed by atoms with E-state index in [9.17, 15) is 4.39 Å². The summed E-state index contributed by atoms with van der Waals surface area (Å²) in [5.41, 5.74) is 11.0. The van der Waals surface area contributed by atoms with Gasteiger partial charge in [-0.1, -0.05) is 17.7 Å². The van der Waals surface area contributed by atoms with Gasteiger partial charge in [0.05, 0.1) is 6.04 Å². The summed E-state index contributed by atoms with van der Waals surface area (Å²) in [6, 6.07) is 8.50. The maximum absolute atomic E-state index is 13.3. The third-order valence-corrected chi connectivity index (χ3v) is 3.51. The average molecular weight is 278 g/mol. The van der Waals surface area contributed by atoms with Crippen molar-refractivity contribution in [1.82, 2.24) is 0 Å². The number of aryl methyl sites for hydroxylation is 3. The maximum Gasteiger partial charge on any atom is 0.123 e. The second-order valence-electron chi connectivity index (χ2n) is 4.99. The number of hydrogen-bond donors (Lipinski definition) is 1. The van der Waals surface area contributed by atoms with E-state index in [2.05, 4.69) is 0 Å². The number of benzene rings is 2. The van der Waals surface area contributed by atoms with Crippen LogP contribution in [0.4, 0.5) is 4.39 Å². The van der Waals surface area contributed by atoms with Crippen LogP contribution in [0.1, 0.15) is 33.9 Å². The molecule has 0 bridgehead atoms. The molecule has 0 aliphatic rings. The van der Waals surface area contributed by atoms with Crippen LogP contribution in [-0.4, -0.2) is 0 Å². The minimum Gasteiger partial charge on any atom is -0.320 e. The fraction of sp³-hybridized carbons (Fsp3) is 0.250. The molecule has 0 heterocycles. The zero-order valence-corrected chi connectivity index (χ0v) is 12.1. The van der Waals surface area contributed by atoms with E-state index >= 15 is 0 Å². The number of hydrogen-bond acceptors (Lipinski definition) is 1. The van der Waals surface area contributed by atoms with Gasteiger partial charge in [0.25, 0.3) is 0 Å². The van der Waals surface area contributed by atoms with Crippen LogP contribution in [0, 0.1) is 26.6 Å². The molecule has 2 aromatic rings. The van der Waals surface area contributed by atoms with Crippen molar-refractivity contribution < 1.29 is 4.39 Å². The molecule has 0 aromatic heterocycles. The SMILES string of the molecule is Cc1cc(Cl)cc(C(N)c2c(C)cc(F)cc2C)c1. The van der Waals surface area contributed by atoms with E-state index in [1.54, 1.807) is 0 Å². The van der Waals surface area contributed by atoms with Crippen molar-refractivity contribution in [2.75, 3.05) is 0 Å². The third kappa shape index (κ3) is 2.96. The van der Waals surface area contributed by atoms with Crippen LogP contribution in [0.25, 0.3) is 0 Å². The normalized spacial score (nSPS) is 12.5. The second kappa shape index (κ2) is 5.32. The lowest BCUT2D eigenvalue weighted by Gasteiger charge is -2.19. The van der Waals surface area contributed by atoms with Gasteiger partial charge in [0.1, 0.15) is 5.82 Å². The Hall–Kier alpha value is -1.38. The molecule has 3 heteroatoms. The Kier molecular flexibility index (Phi) is 3.93. The van der Waals surface area contributed by atoms with Gasteiger partial charge in [0, 0.05) is 5.02 Å². The van der Waals surface area contributed by atoms with Gasteiger partial charge in [0.2, 0.25) is 0 Å². The number of nitrogens with two attached hydrogens (primary N) is 1. The number of rotatable bonds is 2. The molecule has 2 rings (SSSR count). The first-order valence-corrected chi connectivity index (χ1v) is 6.55. The Bertz CT molecular complexity index is 579. The molecule has 2 N–H and O–H groups in total. The maximum atomic E-state index is 13.3. The van der Waals surface area contributed by atoms with Crippen molar-refractivity contribution >= 4 is 11.6 Å². The van der Waals surface area contributed by atoms with Gasteiger partial charge < -0.3 is 5.73 Å². The first-order valence-electron chi connectivity index (χ1n) is 6.18. The summed E-state index contributed by atoms with van der Waals surface area (Å²) in [5.74, 6) is -0.228. The van der Waals surface area contributed by atoms with E-state index in [0.29, 0.717) is 5.02 Å². The Balaban J connectivity index is 2.52. The van der Waals surface area contributed by atoms with Gasteiger partial charge >= 0.3 is 0 Å². The van der Waals surface area contributed by atoms with Crippen LogP contribution in [0.2, 0.25) is 5.02 Å². The zero-order chi connectivity index (χ0) is 14.2. The number of halogens is 2. The second-order valence-corrected chi connectivity index (χ2v) is 5.43. The van der Waals surface area contributed by atoms with Crippen LogP contribution >= 0.6 is 11.6 Å². The Morgan fingerprint density at radius 1 is 1.00 bits per heavy atom. The van der Waals surface area contributed by atoms with Gasteiger partial charge in [-0.05, 0) is 72.9 Å². The van der Waals surface area contributed by atoms with Gasteiger partial charge in [-0.3, -0.25) is 0 Å². The van der Waals surface area contributed by atoms with Gasteiger partial charge in [-0.25, -0.2) is 4.39 Å². The summed E-state index contributed by atoms with van der Waals surface area (Å²) < 4.78 is 13.3. The van der Waals surface area contributed by atoms with Crippen molar-refractivity contribution in [3.8, 4) is 0 Å². The Morgan fingerprint density at radius 2 is 1.58 bits per heavy atom. The zero-order valence-electron chi connectivity index (χ0n) is 11.3. The molecule has 0 fully saturated rings. The minimum absolute atomic E-state index is 0.228. The molecule has 0 aliphatic heterocycles. The van der Waals surface area contributed by atoms with Crippen molar-refractivity contribution in [2.24, 2.45) is 5.73 Å². The molecule has 0 saturated carbocycles. The molecule has 100 valence electrons.